The number of aromatic nitrogens is 2. The van der Waals surface area contributed by atoms with Crippen LogP contribution in [0.3, 0.4) is 0 Å². The Balaban J connectivity index is 1.60. The zero-order valence-corrected chi connectivity index (χ0v) is 13.1. The number of hydrogen-bond acceptors (Lipinski definition) is 7. The molecule has 2 aromatic rings. The van der Waals surface area contributed by atoms with Crippen molar-refractivity contribution in [1.82, 2.24) is 10.1 Å². The molecule has 0 N–H and O–H groups in total. The normalized spacial score (nSPS) is 13.2. The second kappa shape index (κ2) is 6.68. The summed E-state index contributed by atoms with van der Waals surface area (Å²) in [5, 5.41) is 3.85. The van der Waals surface area contributed by atoms with Gasteiger partial charge in [0.15, 0.2) is 23.9 Å². The molecular formula is C16H18N2O5. The maximum absolute atomic E-state index is 12.1. The van der Waals surface area contributed by atoms with Crippen LogP contribution in [0.5, 0.6) is 11.5 Å². The molecule has 0 radical (unpaired) electrons. The Kier molecular flexibility index (Phi) is 4.45. The number of esters is 1. The predicted octanol–water partition coefficient (Wildman–Crippen LogP) is 2.40. The number of carbonyl (C=O) groups is 1. The van der Waals surface area contributed by atoms with Gasteiger partial charge in [-0.25, -0.2) is 4.79 Å². The van der Waals surface area contributed by atoms with Crippen molar-refractivity contribution in [3.05, 3.63) is 35.5 Å². The van der Waals surface area contributed by atoms with Crippen LogP contribution in [-0.2, 0) is 17.8 Å². The van der Waals surface area contributed by atoms with Gasteiger partial charge in [-0.3, -0.25) is 0 Å². The standard InChI is InChI=1S/C16H18N2O5/c1-10(2)7-14-17-15(23-18-14)9-22-16(19)11-3-4-12-13(8-11)21-6-5-20-12/h3-4,8,10H,5-7,9H2,1-2H3. The average molecular weight is 318 g/mol. The van der Waals surface area contributed by atoms with Crippen molar-refractivity contribution < 1.29 is 23.5 Å². The van der Waals surface area contributed by atoms with Crippen LogP contribution in [0.2, 0.25) is 0 Å². The molecule has 1 aromatic carbocycles. The second-order valence-corrected chi connectivity index (χ2v) is 5.64. The Hall–Kier alpha value is -2.57. The summed E-state index contributed by atoms with van der Waals surface area (Å²) in [4.78, 5) is 16.3. The third-order valence-electron chi connectivity index (χ3n) is 3.21. The number of rotatable bonds is 5. The molecule has 0 atom stereocenters. The molecule has 0 bridgehead atoms. The number of benzene rings is 1. The summed E-state index contributed by atoms with van der Waals surface area (Å²) in [5.41, 5.74) is 0.385. The van der Waals surface area contributed by atoms with Crippen molar-refractivity contribution in [1.29, 1.82) is 0 Å². The number of fused-ring (bicyclic) bond motifs is 1. The van der Waals surface area contributed by atoms with Crippen molar-refractivity contribution in [3.63, 3.8) is 0 Å². The van der Waals surface area contributed by atoms with Gasteiger partial charge >= 0.3 is 5.97 Å². The molecule has 7 heteroatoms. The van der Waals surface area contributed by atoms with Crippen LogP contribution in [-0.4, -0.2) is 29.3 Å². The van der Waals surface area contributed by atoms with Gasteiger partial charge in [-0.15, -0.1) is 0 Å². The first kappa shape index (κ1) is 15.3. The van der Waals surface area contributed by atoms with Crippen LogP contribution in [0.1, 0.15) is 35.9 Å². The van der Waals surface area contributed by atoms with Gasteiger partial charge in [0.05, 0.1) is 5.56 Å². The lowest BCUT2D eigenvalue weighted by molar-refractivity contribution is 0.0429. The van der Waals surface area contributed by atoms with Gasteiger partial charge in [0.25, 0.3) is 5.89 Å². The van der Waals surface area contributed by atoms with Gasteiger partial charge in [-0.05, 0) is 24.1 Å². The second-order valence-electron chi connectivity index (χ2n) is 5.64. The topological polar surface area (TPSA) is 83.7 Å². The highest BCUT2D eigenvalue weighted by Gasteiger charge is 2.17. The van der Waals surface area contributed by atoms with Gasteiger partial charge in [-0.1, -0.05) is 19.0 Å². The van der Waals surface area contributed by atoms with Crippen LogP contribution in [0.25, 0.3) is 0 Å². The monoisotopic (exact) mass is 318 g/mol. The zero-order chi connectivity index (χ0) is 16.2. The Bertz CT molecular complexity index is 696. The summed E-state index contributed by atoms with van der Waals surface area (Å²) in [6.07, 6.45) is 0.722. The predicted molar refractivity (Wildman–Crippen MR) is 79.4 cm³/mol. The van der Waals surface area contributed by atoms with E-state index in [0.29, 0.717) is 42.0 Å². The molecule has 0 saturated heterocycles. The zero-order valence-electron chi connectivity index (χ0n) is 13.1. The minimum Gasteiger partial charge on any atom is -0.486 e. The van der Waals surface area contributed by atoms with Crippen molar-refractivity contribution >= 4 is 5.97 Å². The smallest absolute Gasteiger partial charge is 0.338 e. The molecule has 0 aliphatic carbocycles. The first-order chi connectivity index (χ1) is 11.1. The van der Waals surface area contributed by atoms with E-state index in [4.69, 9.17) is 18.7 Å². The number of nitrogens with zero attached hydrogens (tertiary/aromatic N) is 2. The largest absolute Gasteiger partial charge is 0.486 e. The third-order valence-corrected chi connectivity index (χ3v) is 3.21. The molecule has 1 aliphatic heterocycles. The minimum absolute atomic E-state index is 0.0572. The van der Waals surface area contributed by atoms with Crippen LogP contribution >= 0.6 is 0 Å². The summed E-state index contributed by atoms with van der Waals surface area (Å²) >= 11 is 0. The van der Waals surface area contributed by atoms with Gasteiger partial charge < -0.3 is 18.7 Å². The first-order valence-electron chi connectivity index (χ1n) is 7.50. The average Bonchev–Trinajstić information content (AvgIpc) is 2.98. The molecule has 0 unspecified atom stereocenters. The first-order valence-corrected chi connectivity index (χ1v) is 7.50. The molecule has 122 valence electrons. The van der Waals surface area contributed by atoms with Crippen molar-refractivity contribution in [2.45, 2.75) is 26.9 Å². The molecule has 0 fully saturated rings. The Morgan fingerprint density at radius 2 is 2.04 bits per heavy atom. The van der Waals surface area contributed by atoms with Crippen LogP contribution < -0.4 is 9.47 Å². The molecule has 0 saturated carbocycles. The van der Waals surface area contributed by atoms with E-state index in [1.165, 1.54) is 0 Å². The number of ether oxygens (including phenoxy) is 3. The van der Waals surface area contributed by atoms with Crippen LogP contribution in [0.4, 0.5) is 0 Å². The SMILES string of the molecule is CC(C)Cc1noc(COC(=O)c2ccc3c(c2)OCCO3)n1. The molecule has 1 aromatic heterocycles. The summed E-state index contributed by atoms with van der Waals surface area (Å²) in [7, 11) is 0. The molecule has 7 nitrogen and oxygen atoms in total. The van der Waals surface area contributed by atoms with Crippen molar-refractivity contribution in [2.24, 2.45) is 5.92 Å². The van der Waals surface area contributed by atoms with Crippen molar-refractivity contribution in [2.75, 3.05) is 13.2 Å². The van der Waals surface area contributed by atoms with Crippen LogP contribution in [0, 0.1) is 5.92 Å². The van der Waals surface area contributed by atoms with E-state index < -0.39 is 5.97 Å². The molecule has 0 spiro atoms. The van der Waals surface area contributed by atoms with E-state index >= 15 is 0 Å². The van der Waals surface area contributed by atoms with E-state index in [1.807, 2.05) is 0 Å². The minimum atomic E-state index is -0.481. The summed E-state index contributed by atoms with van der Waals surface area (Å²) < 4.78 is 21.1. The summed E-state index contributed by atoms with van der Waals surface area (Å²) in [5.74, 6) is 2.02. The van der Waals surface area contributed by atoms with Gasteiger partial charge in [0, 0.05) is 6.42 Å². The quantitative estimate of drug-likeness (QED) is 0.783. The third kappa shape index (κ3) is 3.80. The number of carbonyl (C=O) groups excluding carboxylic acids is 1. The fourth-order valence-corrected chi connectivity index (χ4v) is 2.18. The molecule has 1 aliphatic rings. The lowest BCUT2D eigenvalue weighted by atomic mass is 10.1. The van der Waals surface area contributed by atoms with E-state index in [0.717, 1.165) is 6.42 Å². The maximum Gasteiger partial charge on any atom is 0.338 e. The Morgan fingerprint density at radius 1 is 1.26 bits per heavy atom. The maximum atomic E-state index is 12.1. The van der Waals surface area contributed by atoms with E-state index in [2.05, 4.69) is 24.0 Å². The molecule has 3 rings (SSSR count). The summed E-state index contributed by atoms with van der Waals surface area (Å²) in [6.45, 7) is 5.05. The lowest BCUT2D eigenvalue weighted by Crippen LogP contribution is -2.16. The lowest BCUT2D eigenvalue weighted by Gasteiger charge is -2.18. The molecule has 0 amide bonds. The Labute approximate surface area is 133 Å². The molecule has 23 heavy (non-hydrogen) atoms. The molecule has 2 heterocycles. The van der Waals surface area contributed by atoms with Crippen molar-refractivity contribution in [3.8, 4) is 11.5 Å². The summed E-state index contributed by atoms with van der Waals surface area (Å²) in [6, 6.07) is 4.93. The van der Waals surface area contributed by atoms with Gasteiger partial charge in [0.2, 0.25) is 0 Å². The highest BCUT2D eigenvalue weighted by atomic mass is 16.6. The fraction of sp³-hybridized carbons (Fsp3) is 0.438. The highest BCUT2D eigenvalue weighted by Crippen LogP contribution is 2.30. The van der Waals surface area contributed by atoms with E-state index in [9.17, 15) is 4.79 Å². The van der Waals surface area contributed by atoms with Gasteiger partial charge in [-0.2, -0.15) is 4.98 Å². The fourth-order valence-electron chi connectivity index (χ4n) is 2.18. The van der Waals surface area contributed by atoms with Gasteiger partial charge in [0.1, 0.15) is 13.2 Å². The van der Waals surface area contributed by atoms with E-state index in [-0.39, 0.29) is 12.5 Å². The number of hydrogen-bond donors (Lipinski definition) is 0. The van der Waals surface area contributed by atoms with E-state index in [1.54, 1.807) is 18.2 Å². The highest BCUT2D eigenvalue weighted by molar-refractivity contribution is 5.90. The molecular weight excluding hydrogens is 300 g/mol. The Morgan fingerprint density at radius 3 is 2.83 bits per heavy atom. The van der Waals surface area contributed by atoms with Crippen LogP contribution in [0.15, 0.2) is 22.7 Å².